The molecule has 3 rings (SSSR count). The van der Waals surface area contributed by atoms with Gasteiger partial charge in [0, 0.05) is 19.6 Å². The molecule has 0 bridgehead atoms. The second-order valence-electron chi connectivity index (χ2n) is 5.65. The Morgan fingerprint density at radius 3 is 1.86 bits per heavy atom. The van der Waals surface area contributed by atoms with Crippen molar-refractivity contribution in [3.05, 3.63) is 71.3 Å². The maximum atomic E-state index is 13.2. The number of benzene rings is 2. The van der Waals surface area contributed by atoms with Gasteiger partial charge < -0.3 is 5.32 Å². The van der Waals surface area contributed by atoms with Crippen LogP contribution in [0.5, 0.6) is 0 Å². The van der Waals surface area contributed by atoms with Gasteiger partial charge in [0.2, 0.25) is 0 Å². The largest absolute Gasteiger partial charge is 0.315 e. The number of hydrogen-bond acceptors (Lipinski definition) is 2. The van der Waals surface area contributed by atoms with Gasteiger partial charge in [-0.2, -0.15) is 0 Å². The average Bonchev–Trinajstić information content (AvgIpc) is 2.81. The number of hydrogen-bond donors (Lipinski definition) is 1. The molecule has 2 aromatic rings. The Morgan fingerprint density at radius 2 is 1.32 bits per heavy atom. The van der Waals surface area contributed by atoms with E-state index in [0.717, 1.165) is 43.7 Å². The van der Waals surface area contributed by atoms with Crippen molar-refractivity contribution in [3.8, 4) is 0 Å². The van der Waals surface area contributed by atoms with Crippen molar-refractivity contribution in [2.45, 2.75) is 12.5 Å². The second-order valence-corrected chi connectivity index (χ2v) is 5.65. The lowest BCUT2D eigenvalue weighted by Crippen LogP contribution is -2.33. The van der Waals surface area contributed by atoms with Gasteiger partial charge in [0.25, 0.3) is 0 Å². The Hall–Kier alpha value is -1.78. The minimum atomic E-state index is -0.237. The summed E-state index contributed by atoms with van der Waals surface area (Å²) in [6.07, 6.45) is 1.07. The molecule has 0 saturated carbocycles. The summed E-state index contributed by atoms with van der Waals surface area (Å²) in [5.74, 6) is -0.474. The number of halogens is 2. The van der Waals surface area contributed by atoms with Crippen molar-refractivity contribution >= 4 is 0 Å². The van der Waals surface area contributed by atoms with Crippen LogP contribution in [0, 0.1) is 11.6 Å². The molecule has 0 unspecified atom stereocenters. The molecule has 22 heavy (non-hydrogen) atoms. The third-order valence-electron chi connectivity index (χ3n) is 4.11. The Kier molecular flexibility index (Phi) is 4.80. The summed E-state index contributed by atoms with van der Waals surface area (Å²) in [4.78, 5) is 2.38. The summed E-state index contributed by atoms with van der Waals surface area (Å²) in [7, 11) is 0. The molecule has 1 saturated heterocycles. The van der Waals surface area contributed by atoms with Gasteiger partial charge in [-0.15, -0.1) is 0 Å². The standard InChI is InChI=1S/C18H20F2N2/c19-16-6-2-14(3-7-16)18(15-4-8-17(20)9-5-15)22-12-1-10-21-11-13-22/h2-9,18,21H,1,10-13H2. The van der Waals surface area contributed by atoms with Gasteiger partial charge in [-0.05, 0) is 48.4 Å². The highest BCUT2D eigenvalue weighted by atomic mass is 19.1. The molecule has 1 N–H and O–H groups in total. The first-order valence-corrected chi connectivity index (χ1v) is 7.70. The Labute approximate surface area is 129 Å². The molecular formula is C18H20F2N2. The molecule has 2 aromatic carbocycles. The second kappa shape index (κ2) is 6.99. The highest BCUT2D eigenvalue weighted by Gasteiger charge is 2.23. The van der Waals surface area contributed by atoms with E-state index in [-0.39, 0.29) is 17.7 Å². The van der Waals surface area contributed by atoms with E-state index in [1.54, 1.807) is 0 Å². The van der Waals surface area contributed by atoms with E-state index < -0.39 is 0 Å². The molecule has 1 heterocycles. The van der Waals surface area contributed by atoms with Crippen LogP contribution >= 0.6 is 0 Å². The van der Waals surface area contributed by atoms with Gasteiger partial charge in [-0.25, -0.2) is 8.78 Å². The highest BCUT2D eigenvalue weighted by Crippen LogP contribution is 2.29. The monoisotopic (exact) mass is 302 g/mol. The average molecular weight is 302 g/mol. The first-order valence-electron chi connectivity index (χ1n) is 7.70. The molecule has 116 valence electrons. The molecule has 4 heteroatoms. The maximum absolute atomic E-state index is 13.2. The van der Waals surface area contributed by atoms with Gasteiger partial charge in [-0.1, -0.05) is 24.3 Å². The molecule has 0 spiro atoms. The van der Waals surface area contributed by atoms with Crippen molar-refractivity contribution in [3.63, 3.8) is 0 Å². The lowest BCUT2D eigenvalue weighted by Gasteiger charge is -2.31. The van der Waals surface area contributed by atoms with Crippen molar-refractivity contribution in [2.75, 3.05) is 26.2 Å². The topological polar surface area (TPSA) is 15.3 Å². The molecule has 1 aliphatic rings. The summed E-state index contributed by atoms with van der Waals surface area (Å²) >= 11 is 0. The van der Waals surface area contributed by atoms with Crippen molar-refractivity contribution in [2.24, 2.45) is 0 Å². The van der Waals surface area contributed by atoms with Crippen molar-refractivity contribution in [1.29, 1.82) is 0 Å². The molecule has 0 aliphatic carbocycles. The van der Waals surface area contributed by atoms with Crippen LogP contribution in [0.1, 0.15) is 23.6 Å². The third kappa shape index (κ3) is 3.51. The zero-order chi connectivity index (χ0) is 15.4. The normalized spacial score (nSPS) is 16.7. The van der Waals surface area contributed by atoms with Crippen LogP contribution in [-0.2, 0) is 0 Å². The van der Waals surface area contributed by atoms with E-state index in [1.165, 1.54) is 24.3 Å². The molecular weight excluding hydrogens is 282 g/mol. The minimum absolute atomic E-state index is 0.0288. The van der Waals surface area contributed by atoms with Gasteiger partial charge in [0.1, 0.15) is 11.6 Å². The van der Waals surface area contributed by atoms with Crippen LogP contribution in [0.25, 0.3) is 0 Å². The quantitative estimate of drug-likeness (QED) is 0.935. The molecule has 2 nitrogen and oxygen atoms in total. The fourth-order valence-corrected chi connectivity index (χ4v) is 3.03. The predicted molar refractivity (Wildman–Crippen MR) is 83.7 cm³/mol. The van der Waals surface area contributed by atoms with Gasteiger partial charge in [0.05, 0.1) is 6.04 Å². The fraction of sp³-hybridized carbons (Fsp3) is 0.333. The lowest BCUT2D eigenvalue weighted by molar-refractivity contribution is 0.241. The van der Waals surface area contributed by atoms with E-state index in [1.807, 2.05) is 24.3 Å². The maximum Gasteiger partial charge on any atom is 0.123 e. The highest BCUT2D eigenvalue weighted by molar-refractivity contribution is 5.32. The predicted octanol–water partition coefficient (Wildman–Crippen LogP) is 3.35. The van der Waals surface area contributed by atoms with Gasteiger partial charge in [0.15, 0.2) is 0 Å². The van der Waals surface area contributed by atoms with Crippen molar-refractivity contribution in [1.82, 2.24) is 10.2 Å². The summed E-state index contributed by atoms with van der Waals surface area (Å²) in [6.45, 7) is 3.82. The smallest absolute Gasteiger partial charge is 0.123 e. The lowest BCUT2D eigenvalue weighted by atomic mass is 9.96. The summed E-state index contributed by atoms with van der Waals surface area (Å²) < 4.78 is 26.5. The zero-order valence-electron chi connectivity index (χ0n) is 12.4. The minimum Gasteiger partial charge on any atom is -0.315 e. The first kappa shape index (κ1) is 15.1. The molecule has 0 amide bonds. The van der Waals surface area contributed by atoms with Crippen LogP contribution in [0.15, 0.2) is 48.5 Å². The molecule has 0 aromatic heterocycles. The zero-order valence-corrected chi connectivity index (χ0v) is 12.4. The molecule has 0 atom stereocenters. The number of rotatable bonds is 3. The van der Waals surface area contributed by atoms with E-state index >= 15 is 0 Å². The summed E-state index contributed by atoms with van der Waals surface area (Å²) in [6, 6.07) is 13.3. The summed E-state index contributed by atoms with van der Waals surface area (Å²) in [5, 5.41) is 3.39. The molecule has 1 fully saturated rings. The van der Waals surface area contributed by atoms with Crippen LogP contribution in [0.2, 0.25) is 0 Å². The van der Waals surface area contributed by atoms with E-state index in [0.29, 0.717) is 0 Å². The Morgan fingerprint density at radius 1 is 0.773 bits per heavy atom. The van der Waals surface area contributed by atoms with Crippen LogP contribution < -0.4 is 5.32 Å². The van der Waals surface area contributed by atoms with Gasteiger partial charge in [-0.3, -0.25) is 4.90 Å². The van der Waals surface area contributed by atoms with Crippen LogP contribution in [0.4, 0.5) is 8.78 Å². The van der Waals surface area contributed by atoms with E-state index in [4.69, 9.17) is 0 Å². The van der Waals surface area contributed by atoms with E-state index in [9.17, 15) is 8.78 Å². The van der Waals surface area contributed by atoms with Crippen LogP contribution in [-0.4, -0.2) is 31.1 Å². The Bertz CT molecular complexity index is 542. The van der Waals surface area contributed by atoms with Crippen LogP contribution in [0.3, 0.4) is 0 Å². The van der Waals surface area contributed by atoms with Gasteiger partial charge >= 0.3 is 0 Å². The number of nitrogens with zero attached hydrogens (tertiary/aromatic N) is 1. The van der Waals surface area contributed by atoms with Crippen molar-refractivity contribution < 1.29 is 8.78 Å². The fourth-order valence-electron chi connectivity index (χ4n) is 3.03. The Balaban J connectivity index is 1.96. The van der Waals surface area contributed by atoms with E-state index in [2.05, 4.69) is 10.2 Å². The molecule has 1 aliphatic heterocycles. The number of nitrogens with one attached hydrogen (secondary N) is 1. The first-order chi connectivity index (χ1) is 10.7. The SMILES string of the molecule is Fc1ccc(C(c2ccc(F)cc2)N2CCCNCC2)cc1. The third-order valence-corrected chi connectivity index (χ3v) is 4.11. The summed E-state index contributed by atoms with van der Waals surface area (Å²) in [5.41, 5.74) is 2.07. The molecule has 0 radical (unpaired) electrons.